The van der Waals surface area contributed by atoms with Crippen molar-refractivity contribution >= 4 is 29.4 Å². The smallest absolute Gasteiger partial charge is 0.230 e. The highest BCUT2D eigenvalue weighted by Crippen LogP contribution is 2.24. The maximum atomic E-state index is 12.0. The number of thioether (sulfide) groups is 2. The number of aryl methyl sites for hydroxylation is 1. The van der Waals surface area contributed by atoms with Crippen molar-refractivity contribution in [2.24, 2.45) is 0 Å². The molecule has 0 bridgehead atoms. The van der Waals surface area contributed by atoms with Gasteiger partial charge in [0.1, 0.15) is 11.6 Å². The summed E-state index contributed by atoms with van der Waals surface area (Å²) in [6.07, 6.45) is 1.59. The van der Waals surface area contributed by atoms with Crippen LogP contribution in [0.4, 0.5) is 0 Å². The molecule has 0 aliphatic rings. The van der Waals surface area contributed by atoms with E-state index in [1.807, 2.05) is 6.07 Å². The quantitative estimate of drug-likeness (QED) is 0.547. The van der Waals surface area contributed by atoms with Crippen LogP contribution < -0.4 is 5.32 Å². The monoisotopic (exact) mass is 402 g/mol. The zero-order chi connectivity index (χ0) is 19.1. The van der Waals surface area contributed by atoms with Crippen LogP contribution in [0.1, 0.15) is 24.1 Å². The number of nitrogens with zero attached hydrogens (tertiary/aromatic N) is 3. The number of nitrogens with one attached hydrogen (secondary N) is 1. The van der Waals surface area contributed by atoms with Crippen molar-refractivity contribution in [3.63, 3.8) is 0 Å². The minimum absolute atomic E-state index is 0.0577. The first kappa shape index (κ1) is 19.6. The van der Waals surface area contributed by atoms with E-state index in [1.54, 1.807) is 24.1 Å². The lowest BCUT2D eigenvalue weighted by Crippen LogP contribution is -2.24. The molecule has 0 aliphatic carbocycles. The summed E-state index contributed by atoms with van der Waals surface area (Å²) < 4.78 is 7.27. The molecular weight excluding hydrogens is 380 g/mol. The number of hydrogen-bond acceptors (Lipinski definition) is 6. The van der Waals surface area contributed by atoms with Crippen LogP contribution in [0.5, 0.6) is 0 Å². The highest BCUT2D eigenvalue weighted by atomic mass is 32.2. The van der Waals surface area contributed by atoms with Crippen molar-refractivity contribution < 1.29 is 9.21 Å². The molecule has 142 valence electrons. The number of carbonyl (C=O) groups is 1. The molecule has 0 aliphatic heterocycles. The molecule has 0 unspecified atom stereocenters. The number of benzene rings is 1. The molecule has 1 N–H and O–H groups in total. The molecule has 0 saturated carbocycles. The van der Waals surface area contributed by atoms with Crippen LogP contribution in [0.25, 0.3) is 0 Å². The first-order valence-corrected chi connectivity index (χ1v) is 10.7. The lowest BCUT2D eigenvalue weighted by atomic mass is 10.2. The van der Waals surface area contributed by atoms with Crippen molar-refractivity contribution in [1.82, 2.24) is 20.1 Å². The summed E-state index contributed by atoms with van der Waals surface area (Å²) in [7, 11) is 0. The molecule has 27 heavy (non-hydrogen) atoms. The molecule has 3 rings (SSSR count). The maximum absolute atomic E-state index is 12.0. The first-order valence-electron chi connectivity index (χ1n) is 8.69. The van der Waals surface area contributed by atoms with Gasteiger partial charge in [-0.3, -0.25) is 4.79 Å². The van der Waals surface area contributed by atoms with Crippen molar-refractivity contribution in [2.45, 2.75) is 42.7 Å². The lowest BCUT2D eigenvalue weighted by molar-refractivity contribution is -0.118. The van der Waals surface area contributed by atoms with E-state index in [2.05, 4.69) is 58.2 Å². The average molecular weight is 403 g/mol. The Bertz CT molecular complexity index is 860. The van der Waals surface area contributed by atoms with E-state index in [0.717, 1.165) is 29.0 Å². The summed E-state index contributed by atoms with van der Waals surface area (Å²) in [5.41, 5.74) is 1.25. The number of furan rings is 1. The van der Waals surface area contributed by atoms with Crippen molar-refractivity contribution in [3.8, 4) is 0 Å². The van der Waals surface area contributed by atoms with E-state index in [4.69, 9.17) is 4.42 Å². The summed E-state index contributed by atoms with van der Waals surface area (Å²) in [6.45, 7) is 5.30. The SMILES string of the molecule is CCn1c(CSc2ccc(C)cc2)nnc1SCC(=O)NCc1ccco1. The van der Waals surface area contributed by atoms with Gasteiger partial charge < -0.3 is 14.3 Å². The molecule has 2 aromatic heterocycles. The minimum Gasteiger partial charge on any atom is -0.467 e. The van der Waals surface area contributed by atoms with Gasteiger partial charge in [-0.2, -0.15) is 0 Å². The Balaban J connectivity index is 1.51. The van der Waals surface area contributed by atoms with Crippen molar-refractivity contribution in [2.75, 3.05) is 5.75 Å². The molecule has 2 heterocycles. The molecule has 1 aromatic carbocycles. The Morgan fingerprint density at radius 2 is 2.00 bits per heavy atom. The van der Waals surface area contributed by atoms with Gasteiger partial charge in [0, 0.05) is 11.4 Å². The fourth-order valence-electron chi connectivity index (χ4n) is 2.41. The Kier molecular flexibility index (Phi) is 7.00. The van der Waals surface area contributed by atoms with Gasteiger partial charge in [-0.05, 0) is 38.1 Å². The van der Waals surface area contributed by atoms with Crippen LogP contribution in [-0.4, -0.2) is 26.4 Å². The second kappa shape index (κ2) is 9.66. The predicted octanol–water partition coefficient (Wildman–Crippen LogP) is 3.90. The van der Waals surface area contributed by atoms with E-state index in [-0.39, 0.29) is 5.91 Å². The summed E-state index contributed by atoms with van der Waals surface area (Å²) >= 11 is 3.13. The van der Waals surface area contributed by atoms with Crippen LogP contribution >= 0.6 is 23.5 Å². The Labute approximate surface area is 167 Å². The molecule has 0 fully saturated rings. The van der Waals surface area contributed by atoms with Gasteiger partial charge in [-0.25, -0.2) is 0 Å². The fraction of sp³-hybridized carbons (Fsp3) is 0.316. The minimum atomic E-state index is -0.0577. The summed E-state index contributed by atoms with van der Waals surface area (Å²) in [4.78, 5) is 13.2. The van der Waals surface area contributed by atoms with Crippen LogP contribution in [0, 0.1) is 6.92 Å². The third kappa shape index (κ3) is 5.64. The van der Waals surface area contributed by atoms with E-state index in [1.165, 1.54) is 22.2 Å². The topological polar surface area (TPSA) is 73.0 Å². The second-order valence-electron chi connectivity index (χ2n) is 5.89. The first-order chi connectivity index (χ1) is 13.2. The molecule has 6 nitrogen and oxygen atoms in total. The second-order valence-corrected chi connectivity index (χ2v) is 7.88. The van der Waals surface area contributed by atoms with E-state index in [9.17, 15) is 4.79 Å². The zero-order valence-electron chi connectivity index (χ0n) is 15.3. The molecule has 0 atom stereocenters. The highest BCUT2D eigenvalue weighted by Gasteiger charge is 2.13. The molecule has 0 saturated heterocycles. The van der Waals surface area contributed by atoms with Gasteiger partial charge in [-0.1, -0.05) is 29.5 Å². The van der Waals surface area contributed by atoms with Gasteiger partial charge in [0.05, 0.1) is 24.3 Å². The standard InChI is InChI=1S/C19H22N4O2S2/c1-3-23-17(12-26-16-8-6-14(2)7-9-16)21-22-19(23)27-13-18(24)20-11-15-5-4-10-25-15/h4-10H,3,11-13H2,1-2H3,(H,20,24). The number of rotatable bonds is 9. The number of amides is 1. The predicted molar refractivity (Wildman–Crippen MR) is 108 cm³/mol. The molecular formula is C19H22N4O2S2. The van der Waals surface area contributed by atoms with Gasteiger partial charge >= 0.3 is 0 Å². The average Bonchev–Trinajstić information content (AvgIpc) is 3.33. The molecule has 3 aromatic rings. The van der Waals surface area contributed by atoms with Crippen LogP contribution in [0.3, 0.4) is 0 Å². The van der Waals surface area contributed by atoms with Crippen molar-refractivity contribution in [3.05, 3.63) is 59.8 Å². The summed E-state index contributed by atoms with van der Waals surface area (Å²) in [6, 6.07) is 12.1. The number of hydrogen-bond donors (Lipinski definition) is 1. The van der Waals surface area contributed by atoms with E-state index < -0.39 is 0 Å². The maximum Gasteiger partial charge on any atom is 0.230 e. The highest BCUT2D eigenvalue weighted by molar-refractivity contribution is 7.99. The Morgan fingerprint density at radius 3 is 2.70 bits per heavy atom. The lowest BCUT2D eigenvalue weighted by Gasteiger charge is -2.07. The summed E-state index contributed by atoms with van der Waals surface area (Å²) in [5.74, 6) is 2.64. The molecule has 0 radical (unpaired) electrons. The Morgan fingerprint density at radius 1 is 1.19 bits per heavy atom. The van der Waals surface area contributed by atoms with E-state index in [0.29, 0.717) is 12.3 Å². The van der Waals surface area contributed by atoms with Gasteiger partial charge in [0.2, 0.25) is 5.91 Å². The molecule has 8 heteroatoms. The zero-order valence-corrected chi connectivity index (χ0v) is 17.0. The number of carbonyl (C=O) groups excluding carboxylic acids is 1. The normalized spacial score (nSPS) is 10.9. The van der Waals surface area contributed by atoms with Crippen molar-refractivity contribution in [1.29, 1.82) is 0 Å². The van der Waals surface area contributed by atoms with Gasteiger partial charge in [0.15, 0.2) is 5.16 Å². The summed E-state index contributed by atoms with van der Waals surface area (Å²) in [5, 5.41) is 12.2. The third-order valence-electron chi connectivity index (χ3n) is 3.87. The number of aromatic nitrogens is 3. The van der Waals surface area contributed by atoms with Gasteiger partial charge in [0.25, 0.3) is 0 Å². The third-order valence-corrected chi connectivity index (χ3v) is 5.85. The van der Waals surface area contributed by atoms with Gasteiger partial charge in [-0.15, -0.1) is 22.0 Å². The van der Waals surface area contributed by atoms with Crippen LogP contribution in [0.15, 0.2) is 57.1 Å². The van der Waals surface area contributed by atoms with E-state index >= 15 is 0 Å². The van der Waals surface area contributed by atoms with Crippen LogP contribution in [-0.2, 0) is 23.6 Å². The largest absolute Gasteiger partial charge is 0.467 e. The fourth-order valence-corrected chi connectivity index (χ4v) is 4.10. The molecule has 1 amide bonds. The molecule has 0 spiro atoms. The Hall–Kier alpha value is -2.19. The van der Waals surface area contributed by atoms with Crippen LogP contribution in [0.2, 0.25) is 0 Å².